The van der Waals surface area contributed by atoms with Crippen LogP contribution in [0.2, 0.25) is 0 Å². The van der Waals surface area contributed by atoms with E-state index in [2.05, 4.69) is 20.3 Å². The lowest BCUT2D eigenvalue weighted by Crippen LogP contribution is -2.38. The van der Waals surface area contributed by atoms with E-state index in [0.29, 0.717) is 19.0 Å². The number of rotatable bonds is 3. The fourth-order valence-electron chi connectivity index (χ4n) is 4.12. The minimum atomic E-state index is -0.174. The van der Waals surface area contributed by atoms with Gasteiger partial charge in [-0.1, -0.05) is 0 Å². The van der Waals surface area contributed by atoms with E-state index in [-0.39, 0.29) is 17.6 Å². The highest BCUT2D eigenvalue weighted by molar-refractivity contribution is 5.88. The maximum Gasteiger partial charge on any atom is 0.267 e. The molecule has 8 heteroatoms. The average molecular weight is 378 g/mol. The normalized spacial score (nSPS) is 21.6. The lowest BCUT2D eigenvalue weighted by atomic mass is 9.97. The van der Waals surface area contributed by atoms with Gasteiger partial charge < -0.3 is 10.1 Å². The van der Waals surface area contributed by atoms with E-state index >= 15 is 0 Å². The SMILES string of the molecule is Cc1nc(NC2COCC2n2nc3c(cc2=O)CCCC3)c2ccncc2n1. The predicted octanol–water partition coefficient (Wildman–Crippen LogP) is 1.82. The second-order valence-corrected chi connectivity index (χ2v) is 7.47. The molecule has 1 aliphatic heterocycles. The highest BCUT2D eigenvalue weighted by Crippen LogP contribution is 2.26. The Morgan fingerprint density at radius 1 is 1.21 bits per heavy atom. The van der Waals surface area contributed by atoms with Crippen molar-refractivity contribution in [2.45, 2.75) is 44.7 Å². The van der Waals surface area contributed by atoms with E-state index in [4.69, 9.17) is 9.84 Å². The molecular weight excluding hydrogens is 356 g/mol. The van der Waals surface area contributed by atoms with E-state index in [9.17, 15) is 4.79 Å². The van der Waals surface area contributed by atoms with Crippen LogP contribution in [0.15, 0.2) is 29.3 Å². The summed E-state index contributed by atoms with van der Waals surface area (Å²) in [6, 6.07) is 3.38. The summed E-state index contributed by atoms with van der Waals surface area (Å²) in [4.78, 5) is 25.9. The third-order valence-corrected chi connectivity index (χ3v) is 5.53. The molecule has 1 N–H and O–H groups in total. The highest BCUT2D eigenvalue weighted by Gasteiger charge is 2.32. The number of hydrogen-bond acceptors (Lipinski definition) is 7. The number of hydrogen-bond donors (Lipinski definition) is 1. The van der Waals surface area contributed by atoms with Crippen molar-refractivity contribution < 1.29 is 4.74 Å². The molecule has 28 heavy (non-hydrogen) atoms. The molecular formula is C20H22N6O2. The van der Waals surface area contributed by atoms with E-state index < -0.39 is 0 Å². The fraction of sp³-hybridized carbons (Fsp3) is 0.450. The molecule has 1 saturated heterocycles. The van der Waals surface area contributed by atoms with Crippen molar-refractivity contribution in [1.29, 1.82) is 0 Å². The molecule has 0 radical (unpaired) electrons. The molecule has 8 nitrogen and oxygen atoms in total. The molecule has 3 aromatic rings. The summed E-state index contributed by atoms with van der Waals surface area (Å²) in [5.41, 5.74) is 2.87. The van der Waals surface area contributed by atoms with Gasteiger partial charge in [0.15, 0.2) is 0 Å². The van der Waals surface area contributed by atoms with Crippen LogP contribution in [0, 0.1) is 6.92 Å². The number of nitrogens with zero attached hydrogens (tertiary/aromatic N) is 5. The fourth-order valence-corrected chi connectivity index (χ4v) is 4.12. The largest absolute Gasteiger partial charge is 0.377 e. The molecule has 5 rings (SSSR count). The molecule has 2 unspecified atom stereocenters. The average Bonchev–Trinajstić information content (AvgIpc) is 3.15. The van der Waals surface area contributed by atoms with E-state index in [1.807, 2.05) is 13.0 Å². The van der Waals surface area contributed by atoms with Gasteiger partial charge >= 0.3 is 0 Å². The van der Waals surface area contributed by atoms with Crippen LogP contribution in [-0.4, -0.2) is 44.0 Å². The minimum absolute atomic E-state index is 0.0594. The third-order valence-electron chi connectivity index (χ3n) is 5.53. The van der Waals surface area contributed by atoms with Crippen molar-refractivity contribution in [3.05, 3.63) is 52.0 Å². The van der Waals surface area contributed by atoms with Crippen LogP contribution in [-0.2, 0) is 17.6 Å². The van der Waals surface area contributed by atoms with Gasteiger partial charge in [0.25, 0.3) is 5.56 Å². The molecule has 2 atom stereocenters. The van der Waals surface area contributed by atoms with Crippen LogP contribution in [0.25, 0.3) is 10.9 Å². The Kier molecular flexibility index (Phi) is 4.27. The summed E-state index contributed by atoms with van der Waals surface area (Å²) >= 11 is 0. The second kappa shape index (κ2) is 6.94. The Hall–Kier alpha value is -2.87. The summed E-state index contributed by atoms with van der Waals surface area (Å²) in [5, 5.41) is 9.08. The number of nitrogens with one attached hydrogen (secondary N) is 1. The highest BCUT2D eigenvalue weighted by atomic mass is 16.5. The number of ether oxygens (including phenoxy) is 1. The lowest BCUT2D eigenvalue weighted by molar-refractivity contribution is 0.182. The van der Waals surface area contributed by atoms with Crippen LogP contribution in [0.4, 0.5) is 5.82 Å². The molecule has 0 spiro atoms. The molecule has 0 saturated carbocycles. The first-order valence-electron chi connectivity index (χ1n) is 9.73. The Labute approximate surface area is 162 Å². The zero-order valence-electron chi connectivity index (χ0n) is 15.8. The monoisotopic (exact) mass is 378 g/mol. The van der Waals surface area contributed by atoms with Gasteiger partial charge in [0.05, 0.1) is 36.7 Å². The summed E-state index contributed by atoms with van der Waals surface area (Å²) < 4.78 is 7.32. The number of pyridine rings is 1. The van der Waals surface area contributed by atoms with E-state index in [0.717, 1.165) is 53.7 Å². The van der Waals surface area contributed by atoms with Crippen LogP contribution in [0.3, 0.4) is 0 Å². The van der Waals surface area contributed by atoms with Crippen molar-refractivity contribution in [2.24, 2.45) is 0 Å². The molecule has 0 aromatic carbocycles. The van der Waals surface area contributed by atoms with Gasteiger partial charge in [-0.25, -0.2) is 14.6 Å². The summed E-state index contributed by atoms with van der Waals surface area (Å²) in [7, 11) is 0. The van der Waals surface area contributed by atoms with E-state index in [1.165, 1.54) is 0 Å². The summed E-state index contributed by atoms with van der Waals surface area (Å²) in [6.45, 7) is 2.80. The standard InChI is InChI=1S/C20H22N6O2/c1-12-22-16-9-21-7-6-14(16)20(23-12)24-17-10-28-11-18(17)26-19(27)8-13-4-2-3-5-15(13)25-26/h6-9,17-18H,2-5,10-11H2,1H3,(H,22,23,24). The number of anilines is 1. The van der Waals surface area contributed by atoms with Crippen molar-refractivity contribution in [3.63, 3.8) is 0 Å². The van der Waals surface area contributed by atoms with Gasteiger partial charge in [-0.2, -0.15) is 5.10 Å². The van der Waals surface area contributed by atoms with Gasteiger partial charge in [0.2, 0.25) is 0 Å². The molecule has 2 aliphatic rings. The van der Waals surface area contributed by atoms with Crippen LogP contribution in [0.5, 0.6) is 0 Å². The van der Waals surface area contributed by atoms with Crippen molar-refractivity contribution in [1.82, 2.24) is 24.7 Å². The van der Waals surface area contributed by atoms with Gasteiger partial charge in [0, 0.05) is 17.6 Å². The quantitative estimate of drug-likeness (QED) is 0.743. The predicted molar refractivity (Wildman–Crippen MR) is 104 cm³/mol. The molecule has 3 aromatic heterocycles. The maximum absolute atomic E-state index is 12.7. The molecule has 1 fully saturated rings. The zero-order chi connectivity index (χ0) is 19.1. The van der Waals surface area contributed by atoms with Crippen LogP contribution < -0.4 is 10.9 Å². The van der Waals surface area contributed by atoms with Crippen molar-refractivity contribution in [3.8, 4) is 0 Å². The topological polar surface area (TPSA) is 94.8 Å². The Bertz CT molecular complexity index is 1100. The number of aromatic nitrogens is 5. The smallest absolute Gasteiger partial charge is 0.267 e. The summed E-state index contributed by atoms with van der Waals surface area (Å²) in [6.07, 6.45) is 7.59. The van der Waals surface area contributed by atoms with Gasteiger partial charge in [-0.3, -0.25) is 9.78 Å². The van der Waals surface area contributed by atoms with E-state index in [1.54, 1.807) is 23.1 Å². The number of aryl methyl sites for hydroxylation is 3. The number of fused-ring (bicyclic) bond motifs is 2. The van der Waals surface area contributed by atoms with Crippen LogP contribution in [0.1, 0.15) is 36.0 Å². The Balaban J connectivity index is 1.50. The minimum Gasteiger partial charge on any atom is -0.377 e. The zero-order valence-corrected chi connectivity index (χ0v) is 15.8. The summed E-state index contributed by atoms with van der Waals surface area (Å²) in [5.74, 6) is 1.40. The molecule has 0 bridgehead atoms. The first-order valence-corrected chi connectivity index (χ1v) is 9.73. The third kappa shape index (κ3) is 3.03. The van der Waals surface area contributed by atoms with Crippen LogP contribution >= 0.6 is 0 Å². The maximum atomic E-state index is 12.7. The van der Waals surface area contributed by atoms with Crippen molar-refractivity contribution >= 4 is 16.7 Å². The van der Waals surface area contributed by atoms with Gasteiger partial charge in [-0.05, 0) is 44.2 Å². The Morgan fingerprint density at radius 3 is 3.04 bits per heavy atom. The van der Waals surface area contributed by atoms with Gasteiger partial charge in [-0.15, -0.1) is 0 Å². The molecule has 0 amide bonds. The lowest BCUT2D eigenvalue weighted by Gasteiger charge is -2.23. The Morgan fingerprint density at radius 2 is 2.11 bits per heavy atom. The van der Waals surface area contributed by atoms with Gasteiger partial charge in [0.1, 0.15) is 17.7 Å². The first kappa shape index (κ1) is 17.2. The molecule has 144 valence electrons. The molecule has 4 heterocycles. The molecule has 1 aliphatic carbocycles. The first-order chi connectivity index (χ1) is 13.7. The van der Waals surface area contributed by atoms with Crippen molar-refractivity contribution in [2.75, 3.05) is 18.5 Å². The second-order valence-electron chi connectivity index (χ2n) is 7.47.